The molecule has 0 saturated heterocycles. The summed E-state index contributed by atoms with van der Waals surface area (Å²) in [5, 5.41) is 11.4. The van der Waals surface area contributed by atoms with Crippen molar-refractivity contribution in [2.24, 2.45) is 0 Å². The highest BCUT2D eigenvalue weighted by Gasteiger charge is 2.04. The molecule has 1 N–H and O–H groups in total. The molecule has 0 unspecified atom stereocenters. The van der Waals surface area contributed by atoms with Crippen molar-refractivity contribution in [2.75, 3.05) is 0 Å². The molecule has 10 heavy (non-hydrogen) atoms. The maximum Gasteiger partial charge on any atom is 0.0795 e. The smallest absolute Gasteiger partial charge is 0.0795 e. The van der Waals surface area contributed by atoms with E-state index in [4.69, 9.17) is 0 Å². The number of rotatable bonds is 2. The van der Waals surface area contributed by atoms with Gasteiger partial charge in [-0.25, -0.2) is 0 Å². The van der Waals surface area contributed by atoms with Gasteiger partial charge < -0.3 is 5.11 Å². The monoisotopic (exact) mass is 156 g/mol. The minimum atomic E-state index is -0.259. The normalized spacial score (nSPS) is 13.5. The summed E-state index contributed by atoms with van der Waals surface area (Å²) >= 11 is 1.69. The summed E-state index contributed by atoms with van der Waals surface area (Å²) in [4.78, 5) is 1.27. The van der Waals surface area contributed by atoms with Crippen molar-refractivity contribution < 1.29 is 5.11 Å². The molecule has 0 aliphatic rings. The highest BCUT2D eigenvalue weighted by atomic mass is 32.1. The Hall–Kier alpha value is -0.340. The Labute approximate surface area is 65.3 Å². The lowest BCUT2D eigenvalue weighted by Crippen LogP contribution is -1.91. The lowest BCUT2D eigenvalue weighted by atomic mass is 10.1. The zero-order chi connectivity index (χ0) is 7.56. The summed E-state index contributed by atoms with van der Waals surface area (Å²) < 4.78 is 0. The fraction of sp³-hybridized carbons (Fsp3) is 0.500. The lowest BCUT2D eigenvalue weighted by molar-refractivity contribution is 0.174. The third-order valence-electron chi connectivity index (χ3n) is 1.52. The van der Waals surface area contributed by atoms with Gasteiger partial charge in [-0.3, -0.25) is 0 Å². The molecule has 1 atom stereocenters. The van der Waals surface area contributed by atoms with Gasteiger partial charge in [0.05, 0.1) is 6.10 Å². The van der Waals surface area contributed by atoms with Crippen LogP contribution in [0.5, 0.6) is 0 Å². The molecule has 0 radical (unpaired) electrons. The first-order chi connectivity index (χ1) is 4.74. The van der Waals surface area contributed by atoms with E-state index in [9.17, 15) is 5.11 Å². The third-order valence-corrected chi connectivity index (χ3v) is 2.40. The molecule has 0 fully saturated rings. The Morgan fingerprint density at radius 3 is 2.80 bits per heavy atom. The van der Waals surface area contributed by atoms with Crippen molar-refractivity contribution >= 4 is 11.3 Å². The number of aryl methyl sites for hydroxylation is 1. The first-order valence-corrected chi connectivity index (χ1v) is 4.35. The molecule has 2 heteroatoms. The van der Waals surface area contributed by atoms with E-state index in [2.05, 4.69) is 6.92 Å². The molecule has 0 aromatic carbocycles. The molecule has 56 valence electrons. The molecule has 1 aromatic rings. The Bertz CT molecular complexity index is 205. The van der Waals surface area contributed by atoms with E-state index in [1.807, 2.05) is 18.4 Å². The van der Waals surface area contributed by atoms with Crippen LogP contribution in [0.1, 0.15) is 29.9 Å². The Balaban J connectivity index is 2.74. The number of hydrogen-bond donors (Lipinski definition) is 1. The standard InChI is InChI=1S/C8H12OS/c1-3-8(9)7-4-6(2)10-5-7/h4-5,8-9H,3H2,1-2H3/t8-/m0/s1. The van der Waals surface area contributed by atoms with Crippen LogP contribution in [0, 0.1) is 6.92 Å². The largest absolute Gasteiger partial charge is 0.388 e. The highest BCUT2D eigenvalue weighted by Crippen LogP contribution is 2.21. The maximum absolute atomic E-state index is 9.35. The summed E-state index contributed by atoms with van der Waals surface area (Å²) in [6, 6.07) is 2.04. The van der Waals surface area contributed by atoms with E-state index < -0.39 is 0 Å². The fourth-order valence-corrected chi connectivity index (χ4v) is 1.63. The van der Waals surface area contributed by atoms with E-state index in [1.165, 1.54) is 4.88 Å². The average Bonchev–Trinajstić information content (AvgIpc) is 2.34. The first kappa shape index (κ1) is 7.76. The van der Waals surface area contributed by atoms with Gasteiger partial charge in [-0.1, -0.05) is 6.92 Å². The Morgan fingerprint density at radius 1 is 1.70 bits per heavy atom. The summed E-state index contributed by atoms with van der Waals surface area (Å²) in [6.07, 6.45) is 0.542. The van der Waals surface area contributed by atoms with Crippen LogP contribution in [-0.4, -0.2) is 5.11 Å². The summed E-state index contributed by atoms with van der Waals surface area (Å²) in [5.41, 5.74) is 1.06. The van der Waals surface area contributed by atoms with Gasteiger partial charge in [0, 0.05) is 4.88 Å². The molecule has 0 aliphatic carbocycles. The van der Waals surface area contributed by atoms with Gasteiger partial charge in [-0.2, -0.15) is 0 Å². The number of aliphatic hydroxyl groups is 1. The lowest BCUT2D eigenvalue weighted by Gasteiger charge is -2.02. The van der Waals surface area contributed by atoms with E-state index in [0.717, 1.165) is 12.0 Å². The van der Waals surface area contributed by atoms with Crippen LogP contribution >= 0.6 is 11.3 Å². The molecule has 1 nitrogen and oxygen atoms in total. The van der Waals surface area contributed by atoms with E-state index in [0.29, 0.717) is 0 Å². The molecule has 1 heterocycles. The third kappa shape index (κ3) is 1.58. The topological polar surface area (TPSA) is 20.2 Å². The van der Waals surface area contributed by atoms with Gasteiger partial charge in [0.2, 0.25) is 0 Å². The number of hydrogen-bond acceptors (Lipinski definition) is 2. The Kier molecular flexibility index (Phi) is 2.46. The van der Waals surface area contributed by atoms with Crippen LogP contribution < -0.4 is 0 Å². The van der Waals surface area contributed by atoms with E-state index >= 15 is 0 Å². The SMILES string of the molecule is CC[C@H](O)c1csc(C)c1. The first-order valence-electron chi connectivity index (χ1n) is 3.47. The van der Waals surface area contributed by atoms with Crippen LogP contribution in [-0.2, 0) is 0 Å². The van der Waals surface area contributed by atoms with Gasteiger partial charge in [0.15, 0.2) is 0 Å². The Morgan fingerprint density at radius 2 is 2.40 bits per heavy atom. The molecule has 1 rings (SSSR count). The quantitative estimate of drug-likeness (QED) is 0.697. The van der Waals surface area contributed by atoms with Crippen LogP contribution in [0.15, 0.2) is 11.4 Å². The molecule has 0 saturated carbocycles. The summed E-state index contributed by atoms with van der Waals surface area (Å²) in [5.74, 6) is 0. The molecule has 0 amide bonds. The predicted octanol–water partition coefficient (Wildman–Crippen LogP) is 2.50. The number of aliphatic hydroxyl groups excluding tert-OH is 1. The molecule has 0 bridgehead atoms. The van der Waals surface area contributed by atoms with Crippen LogP contribution in [0.2, 0.25) is 0 Å². The molecule has 0 aliphatic heterocycles. The second kappa shape index (κ2) is 3.17. The molecular weight excluding hydrogens is 144 g/mol. The molecular formula is C8H12OS. The minimum absolute atomic E-state index is 0.259. The highest BCUT2D eigenvalue weighted by molar-refractivity contribution is 7.10. The van der Waals surface area contributed by atoms with Crippen molar-refractivity contribution in [3.8, 4) is 0 Å². The van der Waals surface area contributed by atoms with Gasteiger partial charge in [-0.05, 0) is 30.4 Å². The average molecular weight is 156 g/mol. The molecule has 0 spiro atoms. The molecule has 1 aromatic heterocycles. The predicted molar refractivity (Wildman–Crippen MR) is 44.3 cm³/mol. The second-order valence-electron chi connectivity index (χ2n) is 2.41. The van der Waals surface area contributed by atoms with Gasteiger partial charge in [-0.15, -0.1) is 11.3 Å². The summed E-state index contributed by atoms with van der Waals surface area (Å²) in [7, 11) is 0. The van der Waals surface area contributed by atoms with E-state index in [-0.39, 0.29) is 6.10 Å². The minimum Gasteiger partial charge on any atom is -0.388 e. The zero-order valence-electron chi connectivity index (χ0n) is 6.29. The van der Waals surface area contributed by atoms with Crippen molar-refractivity contribution in [1.82, 2.24) is 0 Å². The van der Waals surface area contributed by atoms with E-state index in [1.54, 1.807) is 11.3 Å². The van der Waals surface area contributed by atoms with Gasteiger partial charge in [0.1, 0.15) is 0 Å². The van der Waals surface area contributed by atoms with Crippen molar-refractivity contribution in [3.05, 3.63) is 21.9 Å². The van der Waals surface area contributed by atoms with Crippen LogP contribution in [0.25, 0.3) is 0 Å². The van der Waals surface area contributed by atoms with Gasteiger partial charge >= 0.3 is 0 Å². The van der Waals surface area contributed by atoms with Crippen molar-refractivity contribution in [2.45, 2.75) is 26.4 Å². The fourth-order valence-electron chi connectivity index (χ4n) is 0.874. The van der Waals surface area contributed by atoms with Gasteiger partial charge in [0.25, 0.3) is 0 Å². The van der Waals surface area contributed by atoms with Crippen molar-refractivity contribution in [1.29, 1.82) is 0 Å². The zero-order valence-corrected chi connectivity index (χ0v) is 7.11. The van der Waals surface area contributed by atoms with Crippen molar-refractivity contribution in [3.63, 3.8) is 0 Å². The maximum atomic E-state index is 9.35. The number of thiophene rings is 1. The second-order valence-corrected chi connectivity index (χ2v) is 3.53. The summed E-state index contributed by atoms with van der Waals surface area (Å²) in [6.45, 7) is 4.04. The van der Waals surface area contributed by atoms with Crippen LogP contribution in [0.3, 0.4) is 0 Å². The van der Waals surface area contributed by atoms with Crippen LogP contribution in [0.4, 0.5) is 0 Å².